The Kier molecular flexibility index (Phi) is 5.29. The lowest BCUT2D eigenvalue weighted by atomic mass is 10.1. The van der Waals surface area contributed by atoms with Gasteiger partial charge in [-0.3, -0.25) is 0 Å². The summed E-state index contributed by atoms with van der Waals surface area (Å²) >= 11 is 1.80. The average Bonchev–Trinajstić information content (AvgIpc) is 2.70. The van der Waals surface area contributed by atoms with E-state index in [1.54, 1.807) is 11.3 Å². The largest absolute Gasteiger partial charge is 0.392 e. The first-order chi connectivity index (χ1) is 7.13. The van der Waals surface area contributed by atoms with Gasteiger partial charge in [0.25, 0.3) is 0 Å². The molecule has 1 rings (SSSR count). The standard InChI is InChI=1S/C12H21NOS/c1-4-11(14)9-13(3)10(2)8-12-6-5-7-15-12/h5-7,10-11,14H,4,8-9H2,1-3H3/t10?,11-/m1/s1. The van der Waals surface area contributed by atoms with E-state index in [-0.39, 0.29) is 6.10 Å². The molecule has 0 fully saturated rings. The molecule has 15 heavy (non-hydrogen) atoms. The second-order valence-corrected chi connectivity index (χ2v) is 5.17. The molecule has 3 heteroatoms. The number of hydrogen-bond acceptors (Lipinski definition) is 3. The highest BCUT2D eigenvalue weighted by atomic mass is 32.1. The minimum Gasteiger partial charge on any atom is -0.392 e. The Morgan fingerprint density at radius 3 is 2.80 bits per heavy atom. The maximum absolute atomic E-state index is 9.56. The molecular weight excluding hydrogens is 206 g/mol. The van der Waals surface area contributed by atoms with Crippen molar-refractivity contribution in [1.29, 1.82) is 0 Å². The van der Waals surface area contributed by atoms with Gasteiger partial charge in [0.05, 0.1) is 6.10 Å². The van der Waals surface area contributed by atoms with Crippen LogP contribution in [0.1, 0.15) is 25.1 Å². The highest BCUT2D eigenvalue weighted by molar-refractivity contribution is 7.09. The van der Waals surface area contributed by atoms with Gasteiger partial charge in [-0.2, -0.15) is 0 Å². The van der Waals surface area contributed by atoms with Gasteiger partial charge in [-0.05, 0) is 38.3 Å². The Hall–Kier alpha value is -0.380. The van der Waals surface area contributed by atoms with E-state index in [9.17, 15) is 5.11 Å². The normalized spacial score (nSPS) is 15.5. The second kappa shape index (κ2) is 6.26. The number of hydrogen-bond donors (Lipinski definition) is 1. The van der Waals surface area contributed by atoms with E-state index in [0.29, 0.717) is 6.04 Å². The molecule has 0 spiro atoms. The Bertz CT molecular complexity index is 261. The minimum absolute atomic E-state index is 0.194. The zero-order valence-corrected chi connectivity index (χ0v) is 10.6. The topological polar surface area (TPSA) is 23.5 Å². The maximum Gasteiger partial charge on any atom is 0.0664 e. The number of likely N-dealkylation sites (N-methyl/N-ethyl adjacent to an activating group) is 1. The van der Waals surface area contributed by atoms with Gasteiger partial charge < -0.3 is 10.0 Å². The van der Waals surface area contributed by atoms with Gasteiger partial charge in [0.1, 0.15) is 0 Å². The predicted octanol–water partition coefficient (Wildman–Crippen LogP) is 2.38. The zero-order chi connectivity index (χ0) is 11.3. The molecule has 0 saturated heterocycles. The Morgan fingerprint density at radius 2 is 2.27 bits per heavy atom. The van der Waals surface area contributed by atoms with E-state index in [2.05, 4.69) is 36.4 Å². The quantitative estimate of drug-likeness (QED) is 0.806. The summed E-state index contributed by atoms with van der Waals surface area (Å²) in [5, 5.41) is 11.7. The van der Waals surface area contributed by atoms with E-state index in [4.69, 9.17) is 0 Å². The first-order valence-electron chi connectivity index (χ1n) is 5.54. The fraction of sp³-hybridized carbons (Fsp3) is 0.667. The van der Waals surface area contributed by atoms with Crippen LogP contribution in [-0.2, 0) is 6.42 Å². The molecule has 1 aromatic rings. The summed E-state index contributed by atoms with van der Waals surface area (Å²) in [4.78, 5) is 3.65. The maximum atomic E-state index is 9.56. The van der Waals surface area contributed by atoms with E-state index in [1.165, 1.54) is 4.88 Å². The third-order valence-corrected chi connectivity index (χ3v) is 3.70. The number of thiophene rings is 1. The summed E-state index contributed by atoms with van der Waals surface area (Å²) in [6.07, 6.45) is 1.71. The molecule has 2 atom stereocenters. The third kappa shape index (κ3) is 4.33. The van der Waals surface area contributed by atoms with Crippen molar-refractivity contribution in [2.45, 2.75) is 38.8 Å². The van der Waals surface area contributed by atoms with Crippen LogP contribution in [0.3, 0.4) is 0 Å². The number of aliphatic hydroxyl groups excluding tert-OH is 1. The van der Waals surface area contributed by atoms with Crippen molar-refractivity contribution in [1.82, 2.24) is 4.90 Å². The lowest BCUT2D eigenvalue weighted by Gasteiger charge is -2.26. The van der Waals surface area contributed by atoms with Crippen LogP contribution in [0.4, 0.5) is 0 Å². The second-order valence-electron chi connectivity index (χ2n) is 4.13. The number of nitrogens with zero attached hydrogens (tertiary/aromatic N) is 1. The van der Waals surface area contributed by atoms with Crippen LogP contribution in [0.5, 0.6) is 0 Å². The summed E-state index contributed by atoms with van der Waals surface area (Å²) in [6, 6.07) is 4.75. The van der Waals surface area contributed by atoms with E-state index >= 15 is 0 Å². The molecular formula is C12H21NOS. The van der Waals surface area contributed by atoms with Gasteiger partial charge in [0.2, 0.25) is 0 Å². The molecule has 0 aliphatic heterocycles. The van der Waals surface area contributed by atoms with Crippen molar-refractivity contribution in [3.63, 3.8) is 0 Å². The van der Waals surface area contributed by atoms with Gasteiger partial charge in [-0.25, -0.2) is 0 Å². The Morgan fingerprint density at radius 1 is 1.53 bits per heavy atom. The first-order valence-corrected chi connectivity index (χ1v) is 6.42. The molecule has 1 N–H and O–H groups in total. The summed E-state index contributed by atoms with van der Waals surface area (Å²) in [5.74, 6) is 0. The van der Waals surface area contributed by atoms with Crippen LogP contribution >= 0.6 is 11.3 Å². The van der Waals surface area contributed by atoms with Gasteiger partial charge in [0, 0.05) is 17.5 Å². The van der Waals surface area contributed by atoms with Crippen LogP contribution in [0.25, 0.3) is 0 Å². The highest BCUT2D eigenvalue weighted by Crippen LogP contribution is 2.13. The van der Waals surface area contributed by atoms with Crippen LogP contribution in [0.15, 0.2) is 17.5 Å². The van der Waals surface area contributed by atoms with Gasteiger partial charge in [-0.15, -0.1) is 11.3 Å². The van der Waals surface area contributed by atoms with Crippen molar-refractivity contribution >= 4 is 11.3 Å². The summed E-state index contributed by atoms with van der Waals surface area (Å²) in [7, 11) is 2.08. The molecule has 1 aromatic heterocycles. The van der Waals surface area contributed by atoms with Gasteiger partial charge in [0.15, 0.2) is 0 Å². The van der Waals surface area contributed by atoms with Gasteiger partial charge in [-0.1, -0.05) is 13.0 Å². The fourth-order valence-electron chi connectivity index (χ4n) is 1.52. The van der Waals surface area contributed by atoms with E-state index in [0.717, 1.165) is 19.4 Å². The Balaban J connectivity index is 2.36. The predicted molar refractivity (Wildman–Crippen MR) is 66.4 cm³/mol. The van der Waals surface area contributed by atoms with Gasteiger partial charge >= 0.3 is 0 Å². The van der Waals surface area contributed by atoms with Crippen molar-refractivity contribution in [3.05, 3.63) is 22.4 Å². The monoisotopic (exact) mass is 227 g/mol. The van der Waals surface area contributed by atoms with Crippen LogP contribution in [0, 0.1) is 0 Å². The third-order valence-electron chi connectivity index (χ3n) is 2.80. The molecule has 0 aromatic carbocycles. The number of aliphatic hydroxyl groups is 1. The molecule has 0 bridgehead atoms. The van der Waals surface area contributed by atoms with E-state index in [1.807, 2.05) is 6.92 Å². The molecule has 1 unspecified atom stereocenters. The highest BCUT2D eigenvalue weighted by Gasteiger charge is 2.13. The molecule has 0 radical (unpaired) electrons. The molecule has 0 amide bonds. The van der Waals surface area contributed by atoms with Crippen molar-refractivity contribution < 1.29 is 5.11 Å². The van der Waals surface area contributed by atoms with Crippen LogP contribution in [0.2, 0.25) is 0 Å². The van der Waals surface area contributed by atoms with Crippen LogP contribution < -0.4 is 0 Å². The molecule has 0 saturated carbocycles. The minimum atomic E-state index is -0.194. The average molecular weight is 227 g/mol. The van der Waals surface area contributed by atoms with Crippen molar-refractivity contribution in [2.75, 3.05) is 13.6 Å². The van der Waals surface area contributed by atoms with E-state index < -0.39 is 0 Å². The summed E-state index contributed by atoms with van der Waals surface area (Å²) < 4.78 is 0. The SMILES string of the molecule is CC[C@@H](O)CN(C)C(C)Cc1cccs1. The zero-order valence-electron chi connectivity index (χ0n) is 9.81. The molecule has 86 valence electrons. The summed E-state index contributed by atoms with van der Waals surface area (Å²) in [5.41, 5.74) is 0. The molecule has 0 aliphatic rings. The summed E-state index contributed by atoms with van der Waals surface area (Å²) in [6.45, 7) is 4.99. The first kappa shape index (κ1) is 12.7. The molecule has 0 aliphatic carbocycles. The fourth-order valence-corrected chi connectivity index (χ4v) is 2.34. The molecule has 1 heterocycles. The number of rotatable bonds is 6. The van der Waals surface area contributed by atoms with Crippen molar-refractivity contribution in [3.8, 4) is 0 Å². The smallest absolute Gasteiger partial charge is 0.0664 e. The lowest BCUT2D eigenvalue weighted by molar-refractivity contribution is 0.105. The lowest BCUT2D eigenvalue weighted by Crippen LogP contribution is -2.36. The van der Waals surface area contributed by atoms with Crippen LogP contribution in [-0.4, -0.2) is 35.7 Å². The molecule has 2 nitrogen and oxygen atoms in total. The van der Waals surface area contributed by atoms with Crippen molar-refractivity contribution in [2.24, 2.45) is 0 Å². The Labute approximate surface area is 96.5 Å².